The van der Waals surface area contributed by atoms with Gasteiger partial charge in [-0.15, -0.1) is 0 Å². The summed E-state index contributed by atoms with van der Waals surface area (Å²) in [6.45, 7) is -1.25. The summed E-state index contributed by atoms with van der Waals surface area (Å²) in [7, 11) is -3.90. The molecule has 2 aromatic carbocycles. The molecule has 10 heteroatoms. The van der Waals surface area contributed by atoms with E-state index < -0.39 is 45.9 Å². The van der Waals surface area contributed by atoms with E-state index in [1.807, 2.05) is 0 Å². The van der Waals surface area contributed by atoms with Crippen molar-refractivity contribution in [1.29, 1.82) is 0 Å². The lowest BCUT2D eigenvalue weighted by atomic mass is 9.94. The van der Waals surface area contributed by atoms with E-state index >= 15 is 0 Å². The van der Waals surface area contributed by atoms with Gasteiger partial charge in [0.05, 0.1) is 11.0 Å². The monoisotopic (exact) mass is 442 g/mol. The number of carbonyl (C=O) groups excluding carboxylic acids is 1. The number of benzene rings is 2. The number of aliphatic hydroxyl groups is 1. The number of aliphatic hydroxyl groups excluding tert-OH is 1. The van der Waals surface area contributed by atoms with E-state index in [0.29, 0.717) is 31.7 Å². The zero-order chi connectivity index (χ0) is 21.9. The summed E-state index contributed by atoms with van der Waals surface area (Å²) in [6, 6.07) is 6.60. The number of nitrogens with one attached hydrogen (secondary N) is 2. The van der Waals surface area contributed by atoms with E-state index in [-0.39, 0.29) is 22.2 Å². The first-order chi connectivity index (χ1) is 14.2. The van der Waals surface area contributed by atoms with E-state index in [2.05, 4.69) is 10.0 Å². The minimum atomic E-state index is -3.90. The van der Waals surface area contributed by atoms with Crippen LogP contribution in [0.1, 0.15) is 41.6 Å². The summed E-state index contributed by atoms with van der Waals surface area (Å²) in [6.07, 6.45) is 1.60. The van der Waals surface area contributed by atoms with Crippen molar-refractivity contribution in [3.8, 4) is 0 Å². The first kappa shape index (κ1) is 22.3. The molecule has 0 atom stereocenters. The van der Waals surface area contributed by atoms with Gasteiger partial charge in [-0.1, -0.05) is 6.07 Å². The molecule has 1 fully saturated rings. The molecule has 3 N–H and O–H groups in total. The lowest BCUT2D eigenvalue weighted by Gasteiger charge is -2.26. The second kappa shape index (κ2) is 9.15. The highest BCUT2D eigenvalue weighted by atomic mass is 32.2. The Morgan fingerprint density at radius 2 is 1.80 bits per heavy atom. The molecule has 3 rings (SSSR count). The topological polar surface area (TPSA) is 95.5 Å². The zero-order valence-electron chi connectivity index (χ0n) is 15.9. The van der Waals surface area contributed by atoms with Crippen LogP contribution in [-0.2, 0) is 16.7 Å². The Morgan fingerprint density at radius 1 is 1.10 bits per heavy atom. The van der Waals surface area contributed by atoms with Crippen LogP contribution in [0.3, 0.4) is 0 Å². The largest absolute Gasteiger partial charge is 0.393 e. The molecule has 0 saturated heterocycles. The first-order valence-electron chi connectivity index (χ1n) is 9.35. The number of amides is 1. The van der Waals surface area contributed by atoms with Crippen LogP contribution in [0.5, 0.6) is 0 Å². The normalized spacial score (nSPS) is 19.5. The maximum absolute atomic E-state index is 13.6. The SMILES string of the molecule is O=C(Nc1cc(F)c(F)c(CF)c1)c1cccc(S(=O)(=O)NC2CCC(O)CC2)c1. The Labute approximate surface area is 172 Å². The Balaban J connectivity index is 1.76. The molecule has 0 unspecified atom stereocenters. The van der Waals surface area contributed by atoms with Crippen molar-refractivity contribution in [2.24, 2.45) is 0 Å². The molecule has 0 spiro atoms. The number of anilines is 1. The molecule has 0 aliphatic heterocycles. The molecule has 0 bridgehead atoms. The molecule has 6 nitrogen and oxygen atoms in total. The van der Waals surface area contributed by atoms with Crippen molar-refractivity contribution in [2.45, 2.75) is 49.4 Å². The Kier molecular flexibility index (Phi) is 6.79. The number of rotatable bonds is 6. The fourth-order valence-electron chi connectivity index (χ4n) is 3.30. The summed E-state index contributed by atoms with van der Waals surface area (Å²) < 4.78 is 67.6. The van der Waals surface area contributed by atoms with Crippen molar-refractivity contribution in [3.63, 3.8) is 0 Å². The number of halogens is 3. The Morgan fingerprint density at radius 3 is 2.47 bits per heavy atom. The van der Waals surface area contributed by atoms with Gasteiger partial charge in [-0.25, -0.2) is 26.3 Å². The van der Waals surface area contributed by atoms with Gasteiger partial charge in [0.1, 0.15) is 6.67 Å². The molecule has 1 aliphatic rings. The molecule has 30 heavy (non-hydrogen) atoms. The highest BCUT2D eigenvalue weighted by Gasteiger charge is 2.25. The molecule has 1 aliphatic carbocycles. The van der Waals surface area contributed by atoms with Crippen LogP contribution in [0.4, 0.5) is 18.9 Å². The lowest BCUT2D eigenvalue weighted by Crippen LogP contribution is -2.38. The van der Waals surface area contributed by atoms with E-state index in [0.717, 1.165) is 12.1 Å². The third kappa shape index (κ3) is 5.18. The third-order valence-corrected chi connectivity index (χ3v) is 6.45. The van der Waals surface area contributed by atoms with Crippen LogP contribution in [0.25, 0.3) is 0 Å². The predicted molar refractivity (Wildman–Crippen MR) is 104 cm³/mol. The van der Waals surface area contributed by atoms with Crippen molar-refractivity contribution in [2.75, 3.05) is 5.32 Å². The van der Waals surface area contributed by atoms with Crippen LogP contribution < -0.4 is 10.0 Å². The van der Waals surface area contributed by atoms with Crippen LogP contribution >= 0.6 is 0 Å². The maximum Gasteiger partial charge on any atom is 0.255 e. The average molecular weight is 442 g/mol. The fraction of sp³-hybridized carbons (Fsp3) is 0.350. The number of alkyl halides is 1. The van der Waals surface area contributed by atoms with Crippen LogP contribution in [0.15, 0.2) is 41.3 Å². The molecule has 2 aromatic rings. The maximum atomic E-state index is 13.6. The minimum Gasteiger partial charge on any atom is -0.393 e. The fourth-order valence-corrected chi connectivity index (χ4v) is 4.65. The quantitative estimate of drug-likeness (QED) is 0.640. The van der Waals surface area contributed by atoms with E-state index in [4.69, 9.17) is 0 Å². The van der Waals surface area contributed by atoms with Gasteiger partial charge in [0.15, 0.2) is 11.6 Å². The second-order valence-corrected chi connectivity index (χ2v) is 8.89. The molecular weight excluding hydrogens is 421 g/mol. The molecule has 162 valence electrons. The molecular formula is C20H21F3N2O4S. The third-order valence-electron chi connectivity index (χ3n) is 4.93. The first-order valence-corrected chi connectivity index (χ1v) is 10.8. The van der Waals surface area contributed by atoms with Gasteiger partial charge in [-0.05, 0) is 49.9 Å². The van der Waals surface area contributed by atoms with Gasteiger partial charge in [0.2, 0.25) is 10.0 Å². The molecule has 1 saturated carbocycles. The van der Waals surface area contributed by atoms with Gasteiger partial charge < -0.3 is 10.4 Å². The predicted octanol–water partition coefficient (Wildman–Crippen LogP) is 3.27. The molecule has 0 aromatic heterocycles. The number of hydrogen-bond acceptors (Lipinski definition) is 4. The smallest absolute Gasteiger partial charge is 0.255 e. The van der Waals surface area contributed by atoms with Crippen LogP contribution in [0.2, 0.25) is 0 Å². The molecule has 0 radical (unpaired) electrons. The van der Waals surface area contributed by atoms with Crippen molar-refractivity contribution in [1.82, 2.24) is 4.72 Å². The summed E-state index contributed by atoms with van der Waals surface area (Å²) in [5.41, 5.74) is -0.717. The van der Waals surface area contributed by atoms with Crippen molar-refractivity contribution >= 4 is 21.6 Å². The Hall–Kier alpha value is -2.43. The zero-order valence-corrected chi connectivity index (χ0v) is 16.7. The lowest BCUT2D eigenvalue weighted by molar-refractivity contribution is 0.102. The minimum absolute atomic E-state index is 0.0246. The number of hydrogen-bond donors (Lipinski definition) is 3. The standard InChI is InChI=1S/C20H21F3N2O4S/c21-11-13-8-15(10-18(22)19(13)23)24-20(27)12-2-1-3-17(9-12)30(28,29)25-14-4-6-16(26)7-5-14/h1-3,8-10,14,16,25-26H,4-7,11H2,(H,24,27). The van der Waals surface area contributed by atoms with Crippen LogP contribution in [-0.4, -0.2) is 31.6 Å². The summed E-state index contributed by atoms with van der Waals surface area (Å²) in [5.74, 6) is -3.40. The van der Waals surface area contributed by atoms with E-state index in [1.165, 1.54) is 18.2 Å². The van der Waals surface area contributed by atoms with E-state index in [1.54, 1.807) is 0 Å². The van der Waals surface area contributed by atoms with Crippen molar-refractivity contribution < 1.29 is 31.5 Å². The number of sulfonamides is 1. The highest BCUT2D eigenvalue weighted by molar-refractivity contribution is 7.89. The van der Waals surface area contributed by atoms with Gasteiger partial charge in [-0.3, -0.25) is 4.79 Å². The van der Waals surface area contributed by atoms with Crippen molar-refractivity contribution in [3.05, 3.63) is 59.2 Å². The summed E-state index contributed by atoms with van der Waals surface area (Å²) >= 11 is 0. The average Bonchev–Trinajstić information content (AvgIpc) is 2.72. The summed E-state index contributed by atoms with van der Waals surface area (Å²) in [4.78, 5) is 12.3. The highest BCUT2D eigenvalue weighted by Crippen LogP contribution is 2.22. The molecule has 0 heterocycles. The van der Waals surface area contributed by atoms with E-state index in [9.17, 15) is 31.5 Å². The van der Waals surface area contributed by atoms with Gasteiger partial charge in [0, 0.05) is 28.9 Å². The van der Waals surface area contributed by atoms with Gasteiger partial charge >= 0.3 is 0 Å². The summed E-state index contributed by atoms with van der Waals surface area (Å²) in [5, 5.41) is 11.9. The number of carbonyl (C=O) groups is 1. The Bertz CT molecular complexity index is 1040. The van der Waals surface area contributed by atoms with Gasteiger partial charge in [0.25, 0.3) is 5.91 Å². The van der Waals surface area contributed by atoms with Crippen LogP contribution in [0, 0.1) is 11.6 Å². The second-order valence-electron chi connectivity index (χ2n) is 7.17. The molecule has 1 amide bonds. The van der Waals surface area contributed by atoms with Gasteiger partial charge in [-0.2, -0.15) is 0 Å².